The van der Waals surface area contributed by atoms with E-state index in [1.807, 2.05) is 25.8 Å². The molecule has 0 aliphatic rings. The Morgan fingerprint density at radius 2 is 2.00 bits per heavy atom. The van der Waals surface area contributed by atoms with Gasteiger partial charge in [-0.25, -0.2) is 0 Å². The molecule has 13 heavy (non-hydrogen) atoms. The number of carboxylic acid groups (broad SMARTS) is 1. The number of nitrogens with zero attached hydrogens (tertiary/aromatic N) is 1. The minimum Gasteiger partial charge on any atom is -0.480 e. The third-order valence-corrected chi connectivity index (χ3v) is 2.49. The molecule has 0 saturated heterocycles. The highest BCUT2D eigenvalue weighted by molar-refractivity contribution is 5.73. The average Bonchev–Trinajstić information content (AvgIpc) is 2.04. The van der Waals surface area contributed by atoms with E-state index < -0.39 is 5.97 Å². The van der Waals surface area contributed by atoms with E-state index in [9.17, 15) is 4.79 Å². The summed E-state index contributed by atoms with van der Waals surface area (Å²) in [6.07, 6.45) is 1.90. The molecule has 0 amide bonds. The zero-order chi connectivity index (χ0) is 10.4. The van der Waals surface area contributed by atoms with E-state index in [2.05, 4.69) is 6.92 Å². The SMILES string of the molecule is CCCN(C)C(C(=O)O)C(C)CC. The van der Waals surface area contributed by atoms with Crippen LogP contribution in [0.5, 0.6) is 0 Å². The van der Waals surface area contributed by atoms with Gasteiger partial charge < -0.3 is 5.11 Å². The van der Waals surface area contributed by atoms with Crippen molar-refractivity contribution < 1.29 is 9.90 Å². The first kappa shape index (κ1) is 12.4. The Morgan fingerprint density at radius 3 is 2.31 bits per heavy atom. The smallest absolute Gasteiger partial charge is 0.321 e. The van der Waals surface area contributed by atoms with Crippen LogP contribution >= 0.6 is 0 Å². The van der Waals surface area contributed by atoms with Crippen LogP contribution in [0, 0.1) is 5.92 Å². The number of aliphatic carboxylic acids is 1. The van der Waals surface area contributed by atoms with Crippen LogP contribution in [0.3, 0.4) is 0 Å². The molecule has 3 nitrogen and oxygen atoms in total. The highest BCUT2D eigenvalue weighted by Gasteiger charge is 2.26. The lowest BCUT2D eigenvalue weighted by atomic mass is 9.98. The first-order chi connectivity index (χ1) is 6.04. The van der Waals surface area contributed by atoms with Crippen molar-refractivity contribution in [3.63, 3.8) is 0 Å². The van der Waals surface area contributed by atoms with E-state index in [1.165, 1.54) is 0 Å². The third-order valence-electron chi connectivity index (χ3n) is 2.49. The summed E-state index contributed by atoms with van der Waals surface area (Å²) in [5, 5.41) is 9.03. The van der Waals surface area contributed by atoms with Gasteiger partial charge >= 0.3 is 5.97 Å². The van der Waals surface area contributed by atoms with Crippen LogP contribution in [0.4, 0.5) is 0 Å². The summed E-state index contributed by atoms with van der Waals surface area (Å²) < 4.78 is 0. The summed E-state index contributed by atoms with van der Waals surface area (Å²) in [5.74, 6) is -0.487. The van der Waals surface area contributed by atoms with Gasteiger partial charge in [0, 0.05) is 0 Å². The summed E-state index contributed by atoms with van der Waals surface area (Å²) in [5.41, 5.74) is 0. The lowest BCUT2D eigenvalue weighted by Crippen LogP contribution is -2.43. The minimum absolute atomic E-state index is 0.217. The molecular formula is C10H21NO2. The molecule has 0 saturated carbocycles. The molecule has 0 bridgehead atoms. The molecule has 0 aromatic rings. The number of hydrogen-bond acceptors (Lipinski definition) is 2. The highest BCUT2D eigenvalue weighted by Crippen LogP contribution is 2.13. The predicted octanol–water partition coefficient (Wildman–Crippen LogP) is 1.83. The van der Waals surface area contributed by atoms with Crippen molar-refractivity contribution >= 4 is 5.97 Å². The third kappa shape index (κ3) is 3.77. The van der Waals surface area contributed by atoms with Crippen LogP contribution in [-0.2, 0) is 4.79 Å². The molecule has 2 unspecified atom stereocenters. The van der Waals surface area contributed by atoms with Gasteiger partial charge in [0.2, 0.25) is 0 Å². The van der Waals surface area contributed by atoms with E-state index in [-0.39, 0.29) is 12.0 Å². The molecule has 0 heterocycles. The summed E-state index contributed by atoms with van der Waals surface area (Å²) >= 11 is 0. The Labute approximate surface area is 80.7 Å². The quantitative estimate of drug-likeness (QED) is 0.689. The zero-order valence-corrected chi connectivity index (χ0v) is 9.08. The monoisotopic (exact) mass is 187 g/mol. The van der Waals surface area contributed by atoms with Gasteiger partial charge in [-0.3, -0.25) is 9.69 Å². The summed E-state index contributed by atoms with van der Waals surface area (Å²) in [6, 6.07) is -0.329. The van der Waals surface area contributed by atoms with Crippen molar-refractivity contribution in [2.45, 2.75) is 39.7 Å². The maximum absolute atomic E-state index is 11.0. The molecule has 0 fully saturated rings. The van der Waals surface area contributed by atoms with Gasteiger partial charge in [0.25, 0.3) is 0 Å². The van der Waals surface area contributed by atoms with Crippen LogP contribution in [0.2, 0.25) is 0 Å². The van der Waals surface area contributed by atoms with Gasteiger partial charge in [-0.15, -0.1) is 0 Å². The number of carbonyl (C=O) groups is 1. The molecule has 0 radical (unpaired) electrons. The fraction of sp³-hybridized carbons (Fsp3) is 0.900. The Bertz CT molecular complexity index is 159. The lowest BCUT2D eigenvalue weighted by Gasteiger charge is -2.28. The van der Waals surface area contributed by atoms with Crippen molar-refractivity contribution in [1.82, 2.24) is 4.90 Å². The summed E-state index contributed by atoms with van der Waals surface area (Å²) in [4.78, 5) is 12.9. The second kappa shape index (κ2) is 5.97. The fourth-order valence-corrected chi connectivity index (χ4v) is 1.58. The second-order valence-electron chi connectivity index (χ2n) is 3.65. The van der Waals surface area contributed by atoms with Crippen molar-refractivity contribution in [1.29, 1.82) is 0 Å². The van der Waals surface area contributed by atoms with Crippen molar-refractivity contribution in [3.05, 3.63) is 0 Å². The van der Waals surface area contributed by atoms with Crippen molar-refractivity contribution in [2.75, 3.05) is 13.6 Å². The first-order valence-corrected chi connectivity index (χ1v) is 4.97. The summed E-state index contributed by atoms with van der Waals surface area (Å²) in [7, 11) is 1.88. The van der Waals surface area contributed by atoms with E-state index in [0.717, 1.165) is 19.4 Å². The van der Waals surface area contributed by atoms with Crippen LogP contribution < -0.4 is 0 Å². The lowest BCUT2D eigenvalue weighted by molar-refractivity contribution is -0.144. The first-order valence-electron chi connectivity index (χ1n) is 4.97. The molecule has 0 spiro atoms. The molecule has 1 N–H and O–H groups in total. The van der Waals surface area contributed by atoms with Crippen molar-refractivity contribution in [3.8, 4) is 0 Å². The largest absolute Gasteiger partial charge is 0.480 e. The molecule has 0 rings (SSSR count). The van der Waals surface area contributed by atoms with Crippen LogP contribution in [0.1, 0.15) is 33.6 Å². The minimum atomic E-state index is -0.703. The molecule has 78 valence electrons. The number of carboxylic acids is 1. The maximum Gasteiger partial charge on any atom is 0.321 e. The molecule has 0 aromatic heterocycles. The topological polar surface area (TPSA) is 40.5 Å². The molecule has 3 heteroatoms. The van der Waals surface area contributed by atoms with Crippen LogP contribution in [-0.4, -0.2) is 35.6 Å². The molecule has 0 aliphatic heterocycles. The van der Waals surface area contributed by atoms with E-state index >= 15 is 0 Å². The number of likely N-dealkylation sites (N-methyl/N-ethyl adjacent to an activating group) is 1. The maximum atomic E-state index is 11.0. The fourth-order valence-electron chi connectivity index (χ4n) is 1.58. The molecule has 0 aliphatic carbocycles. The molecule has 2 atom stereocenters. The standard InChI is InChI=1S/C10H21NO2/c1-5-7-11(4)9(10(12)13)8(3)6-2/h8-9H,5-7H2,1-4H3,(H,12,13). The van der Waals surface area contributed by atoms with Gasteiger partial charge in [-0.1, -0.05) is 27.2 Å². The van der Waals surface area contributed by atoms with Gasteiger partial charge in [-0.2, -0.15) is 0 Å². The van der Waals surface area contributed by atoms with Gasteiger partial charge in [0.05, 0.1) is 0 Å². The number of hydrogen-bond donors (Lipinski definition) is 1. The van der Waals surface area contributed by atoms with Crippen LogP contribution in [0.15, 0.2) is 0 Å². The molecule has 0 aromatic carbocycles. The highest BCUT2D eigenvalue weighted by atomic mass is 16.4. The zero-order valence-electron chi connectivity index (χ0n) is 9.08. The Morgan fingerprint density at radius 1 is 1.46 bits per heavy atom. The van der Waals surface area contributed by atoms with Gasteiger partial charge in [0.1, 0.15) is 6.04 Å². The average molecular weight is 187 g/mol. The van der Waals surface area contributed by atoms with Gasteiger partial charge in [-0.05, 0) is 25.9 Å². The Balaban J connectivity index is 4.31. The van der Waals surface area contributed by atoms with Crippen LogP contribution in [0.25, 0.3) is 0 Å². The Hall–Kier alpha value is -0.570. The molecular weight excluding hydrogens is 166 g/mol. The predicted molar refractivity (Wildman–Crippen MR) is 53.8 cm³/mol. The van der Waals surface area contributed by atoms with E-state index in [0.29, 0.717) is 0 Å². The van der Waals surface area contributed by atoms with Gasteiger partial charge in [0.15, 0.2) is 0 Å². The normalized spacial score (nSPS) is 15.8. The van der Waals surface area contributed by atoms with E-state index in [1.54, 1.807) is 0 Å². The summed E-state index contributed by atoms with van der Waals surface area (Å²) in [6.45, 7) is 6.93. The Kier molecular flexibility index (Phi) is 5.71. The van der Waals surface area contributed by atoms with E-state index in [4.69, 9.17) is 5.11 Å². The van der Waals surface area contributed by atoms with Crippen molar-refractivity contribution in [2.24, 2.45) is 5.92 Å². The second-order valence-corrected chi connectivity index (χ2v) is 3.65. The number of rotatable bonds is 6.